The van der Waals surface area contributed by atoms with Crippen LogP contribution in [0.1, 0.15) is 22.8 Å². The molecule has 1 rings (SSSR count). The molecule has 0 aromatic heterocycles. The first-order chi connectivity index (χ1) is 7.27. The molecular weight excluding hydrogens is 196 g/mol. The quantitative estimate of drug-likeness (QED) is 0.685. The van der Waals surface area contributed by atoms with Gasteiger partial charge in [-0.15, -0.1) is 0 Å². The molecule has 0 heterocycles. The van der Waals surface area contributed by atoms with Crippen LogP contribution in [0, 0.1) is 0 Å². The fraction of sp³-hybridized carbons (Fsp3) is 0.273. The summed E-state index contributed by atoms with van der Waals surface area (Å²) in [5.41, 5.74) is 1.17. The third-order valence-corrected chi connectivity index (χ3v) is 1.74. The molecule has 0 unspecified atom stereocenters. The van der Waals surface area contributed by atoms with Crippen molar-refractivity contribution in [1.29, 1.82) is 0 Å². The largest absolute Gasteiger partial charge is 0.462 e. The number of ether oxygens (including phenoxy) is 2. The Hall–Kier alpha value is -1.84. The van der Waals surface area contributed by atoms with E-state index in [1.807, 2.05) is 0 Å². The average molecular weight is 207 g/mol. The summed E-state index contributed by atoms with van der Waals surface area (Å²) in [6.45, 7) is 3.51. The van der Waals surface area contributed by atoms with E-state index in [-0.39, 0.29) is 12.6 Å². The third-order valence-electron chi connectivity index (χ3n) is 1.74. The Kier molecular flexibility index (Phi) is 4.34. The van der Waals surface area contributed by atoms with Gasteiger partial charge in [0.25, 0.3) is 0 Å². The Balaban J connectivity index is 2.73. The lowest BCUT2D eigenvalue weighted by atomic mass is 10.1. The number of esters is 1. The molecule has 0 amide bonds. The van der Waals surface area contributed by atoms with Crippen LogP contribution >= 0.6 is 0 Å². The molecule has 0 atom stereocenters. The van der Waals surface area contributed by atoms with Gasteiger partial charge in [0.2, 0.25) is 0 Å². The number of hydrogen-bond donors (Lipinski definition) is 0. The molecule has 4 nitrogen and oxygen atoms in total. The Morgan fingerprint density at radius 3 is 2.93 bits per heavy atom. The Bertz CT molecular complexity index is 346. The van der Waals surface area contributed by atoms with Crippen molar-refractivity contribution in [1.82, 2.24) is 0 Å². The van der Waals surface area contributed by atoms with Crippen molar-refractivity contribution < 1.29 is 19.1 Å². The number of hydrogen-bond acceptors (Lipinski definition) is 4. The van der Waals surface area contributed by atoms with Crippen LogP contribution in [0.4, 0.5) is 0 Å². The first-order valence-electron chi connectivity index (χ1n) is 4.53. The number of carbonyl (C=O) groups excluding carboxylic acids is 2. The van der Waals surface area contributed by atoms with E-state index >= 15 is 0 Å². The maximum absolute atomic E-state index is 11.3. The molecule has 4 heteroatoms. The highest BCUT2D eigenvalue weighted by atomic mass is 16.5. The summed E-state index contributed by atoms with van der Waals surface area (Å²) < 4.78 is 9.29. The number of rotatable bonds is 5. The summed E-state index contributed by atoms with van der Waals surface area (Å²) >= 11 is 0. The predicted octanol–water partition coefficient (Wildman–Crippen LogP) is 1.45. The first-order valence-corrected chi connectivity index (χ1v) is 4.53. The van der Waals surface area contributed by atoms with Crippen LogP contribution in [-0.2, 0) is 20.9 Å². The fourth-order valence-corrected chi connectivity index (χ4v) is 1.12. The lowest BCUT2D eigenvalue weighted by Crippen LogP contribution is -2.05. The van der Waals surface area contributed by atoms with E-state index in [9.17, 15) is 9.59 Å². The molecule has 0 saturated carbocycles. The van der Waals surface area contributed by atoms with Crippen LogP contribution in [0.25, 0.3) is 0 Å². The van der Waals surface area contributed by atoms with Gasteiger partial charge in [0, 0.05) is 0 Å². The van der Waals surface area contributed by atoms with Crippen LogP contribution < -0.4 is 0 Å². The predicted molar refractivity (Wildman–Crippen MR) is 52.9 cm³/mol. The lowest BCUT2D eigenvalue weighted by molar-refractivity contribution is 0.0526. The molecule has 0 aliphatic carbocycles. The molecular formula is C11H11O4. The van der Waals surface area contributed by atoms with Gasteiger partial charge in [0.15, 0.2) is 0 Å². The van der Waals surface area contributed by atoms with Crippen molar-refractivity contribution in [3.63, 3.8) is 0 Å². The van der Waals surface area contributed by atoms with Gasteiger partial charge in [-0.05, 0) is 24.6 Å². The van der Waals surface area contributed by atoms with Gasteiger partial charge < -0.3 is 9.47 Å². The SMILES string of the molecule is CCOC(=O)c1cccc(CO[C]=O)c1. The summed E-state index contributed by atoms with van der Waals surface area (Å²) in [6, 6.07) is 6.72. The number of carbonyl (C=O) groups is 1. The van der Waals surface area contributed by atoms with Gasteiger partial charge in [-0.25, -0.2) is 9.59 Å². The van der Waals surface area contributed by atoms with Crippen LogP contribution in [0.5, 0.6) is 0 Å². The summed E-state index contributed by atoms with van der Waals surface area (Å²) in [7, 11) is 0. The van der Waals surface area contributed by atoms with Gasteiger partial charge in [0.05, 0.1) is 12.2 Å². The van der Waals surface area contributed by atoms with E-state index < -0.39 is 0 Å². The van der Waals surface area contributed by atoms with Crippen molar-refractivity contribution >= 4 is 12.4 Å². The highest BCUT2D eigenvalue weighted by Gasteiger charge is 2.06. The summed E-state index contributed by atoms with van der Waals surface area (Å²) in [5.74, 6) is -0.380. The molecule has 15 heavy (non-hydrogen) atoms. The molecule has 1 radical (unpaired) electrons. The van der Waals surface area contributed by atoms with Crippen molar-refractivity contribution in [2.45, 2.75) is 13.5 Å². The number of benzene rings is 1. The Morgan fingerprint density at radius 2 is 2.27 bits per heavy atom. The van der Waals surface area contributed by atoms with Crippen molar-refractivity contribution in [2.75, 3.05) is 6.61 Å². The standard InChI is InChI=1S/C11H11O4/c1-2-15-11(13)10-5-3-4-9(6-10)7-14-8-12/h3-6H,2,7H2,1H3. The minimum Gasteiger partial charge on any atom is -0.462 e. The van der Waals surface area contributed by atoms with E-state index in [1.165, 1.54) is 6.47 Å². The summed E-state index contributed by atoms with van der Waals surface area (Å²) in [4.78, 5) is 21.2. The third kappa shape index (κ3) is 3.42. The van der Waals surface area contributed by atoms with E-state index in [0.717, 1.165) is 5.56 Å². The monoisotopic (exact) mass is 207 g/mol. The maximum Gasteiger partial charge on any atom is 0.417 e. The molecule has 1 aromatic carbocycles. The van der Waals surface area contributed by atoms with E-state index in [0.29, 0.717) is 12.2 Å². The zero-order chi connectivity index (χ0) is 11.1. The van der Waals surface area contributed by atoms with Crippen molar-refractivity contribution in [2.24, 2.45) is 0 Å². The normalized spacial score (nSPS) is 9.40. The molecule has 0 aliphatic heterocycles. The van der Waals surface area contributed by atoms with Gasteiger partial charge in [-0.1, -0.05) is 12.1 Å². The van der Waals surface area contributed by atoms with Crippen LogP contribution in [0.15, 0.2) is 24.3 Å². The van der Waals surface area contributed by atoms with Gasteiger partial charge in [-0.3, -0.25) is 0 Å². The summed E-state index contributed by atoms with van der Waals surface area (Å²) in [5, 5.41) is 0. The smallest absolute Gasteiger partial charge is 0.417 e. The maximum atomic E-state index is 11.3. The molecule has 0 bridgehead atoms. The summed E-state index contributed by atoms with van der Waals surface area (Å²) in [6.07, 6.45) is 0. The molecule has 0 saturated heterocycles. The van der Waals surface area contributed by atoms with E-state index in [1.54, 1.807) is 31.2 Å². The Labute approximate surface area is 87.8 Å². The second-order valence-electron chi connectivity index (χ2n) is 2.79. The minimum atomic E-state index is -0.380. The molecule has 79 valence electrons. The second kappa shape index (κ2) is 5.80. The van der Waals surface area contributed by atoms with Crippen LogP contribution in [-0.4, -0.2) is 19.0 Å². The highest BCUT2D eigenvalue weighted by molar-refractivity contribution is 5.89. The molecule has 0 fully saturated rings. The van der Waals surface area contributed by atoms with Gasteiger partial charge >= 0.3 is 12.4 Å². The minimum absolute atomic E-state index is 0.108. The molecule has 0 N–H and O–H groups in total. The zero-order valence-electron chi connectivity index (χ0n) is 8.36. The van der Waals surface area contributed by atoms with Crippen molar-refractivity contribution in [3.8, 4) is 0 Å². The fourth-order valence-electron chi connectivity index (χ4n) is 1.12. The van der Waals surface area contributed by atoms with Gasteiger partial charge in [0.1, 0.15) is 6.61 Å². The first kappa shape index (κ1) is 11.2. The molecule has 0 aliphatic rings. The van der Waals surface area contributed by atoms with E-state index in [2.05, 4.69) is 4.74 Å². The average Bonchev–Trinajstić information content (AvgIpc) is 2.27. The van der Waals surface area contributed by atoms with Crippen molar-refractivity contribution in [3.05, 3.63) is 35.4 Å². The van der Waals surface area contributed by atoms with Crippen LogP contribution in [0.3, 0.4) is 0 Å². The van der Waals surface area contributed by atoms with Gasteiger partial charge in [-0.2, -0.15) is 0 Å². The Morgan fingerprint density at radius 1 is 1.47 bits per heavy atom. The topological polar surface area (TPSA) is 52.6 Å². The van der Waals surface area contributed by atoms with Crippen LogP contribution in [0.2, 0.25) is 0 Å². The molecule has 0 spiro atoms. The zero-order valence-corrected chi connectivity index (χ0v) is 8.36. The highest BCUT2D eigenvalue weighted by Crippen LogP contribution is 2.07. The lowest BCUT2D eigenvalue weighted by Gasteiger charge is -2.03. The van der Waals surface area contributed by atoms with E-state index in [4.69, 9.17) is 4.74 Å². The second-order valence-corrected chi connectivity index (χ2v) is 2.79. The molecule has 1 aromatic rings.